The van der Waals surface area contributed by atoms with Gasteiger partial charge in [0.15, 0.2) is 16.6 Å². The molecule has 5 heteroatoms. The van der Waals surface area contributed by atoms with Crippen molar-refractivity contribution in [3.63, 3.8) is 0 Å². The predicted molar refractivity (Wildman–Crippen MR) is 207 cm³/mol. The second-order valence-corrected chi connectivity index (χ2v) is 28.1. The molecular weight excluding hydrogens is 597 g/mol. The molecule has 0 aliphatic heterocycles. The molecule has 3 nitrogen and oxygen atoms in total. The second kappa shape index (κ2) is 16.1. The molecule has 0 aromatic heterocycles. The molecule has 0 unspecified atom stereocenters. The third-order valence-corrected chi connectivity index (χ3v) is 21.6. The van der Waals surface area contributed by atoms with Crippen LogP contribution in [0.25, 0.3) is 0 Å². The molecule has 0 aromatic rings. The molecule has 2 rings (SSSR count). The maximum absolute atomic E-state index is 13.3. The van der Waals surface area contributed by atoms with Crippen LogP contribution in [0.3, 0.4) is 0 Å². The smallest absolute Gasteiger partial charge is 0.192 e. The predicted octanol–water partition coefficient (Wildman–Crippen LogP) is 12.9. The van der Waals surface area contributed by atoms with Gasteiger partial charge in [0.2, 0.25) is 0 Å². The third kappa shape index (κ3) is 11.0. The molecule has 2 aliphatic carbocycles. The van der Waals surface area contributed by atoms with Crippen LogP contribution in [0.1, 0.15) is 140 Å². The Morgan fingerprint density at radius 2 is 1.37 bits per heavy atom. The number of hydrogen-bond acceptors (Lipinski definition) is 3. The highest BCUT2D eigenvalue weighted by molar-refractivity contribution is 6.74. The number of hydrogen-bond donors (Lipinski definition) is 0. The molecule has 46 heavy (non-hydrogen) atoms. The maximum Gasteiger partial charge on any atom is 0.192 e. The zero-order valence-corrected chi connectivity index (χ0v) is 35.1. The van der Waals surface area contributed by atoms with Crippen LogP contribution in [0.2, 0.25) is 36.3 Å². The first-order valence-corrected chi connectivity index (χ1v) is 24.2. The van der Waals surface area contributed by atoms with Crippen LogP contribution < -0.4 is 0 Å². The van der Waals surface area contributed by atoms with Crippen molar-refractivity contribution in [2.24, 2.45) is 16.7 Å². The molecule has 2 saturated carbocycles. The fraction of sp³-hybridized carbons (Fsp3) is 0.780. The van der Waals surface area contributed by atoms with E-state index in [4.69, 9.17) is 8.85 Å². The summed E-state index contributed by atoms with van der Waals surface area (Å²) in [6.45, 7) is 35.9. The van der Waals surface area contributed by atoms with Crippen LogP contribution in [-0.4, -0.2) is 35.6 Å². The van der Waals surface area contributed by atoms with Crippen LogP contribution in [-0.2, 0) is 13.6 Å². The Bertz CT molecular complexity index is 1150. The number of carbonyl (C=O) groups excluding carboxylic acids is 1. The molecule has 0 radical (unpaired) electrons. The molecule has 2 fully saturated rings. The number of carbonyl (C=O) groups is 1. The molecule has 0 bridgehead atoms. The lowest BCUT2D eigenvalue weighted by Crippen LogP contribution is -2.41. The molecule has 2 aliphatic rings. The fourth-order valence-electron chi connectivity index (χ4n) is 6.63. The number of fused-ring (bicyclic) bond motifs is 1. The van der Waals surface area contributed by atoms with Crippen LogP contribution in [0.5, 0.6) is 0 Å². The van der Waals surface area contributed by atoms with Crippen LogP contribution >= 0.6 is 0 Å². The summed E-state index contributed by atoms with van der Waals surface area (Å²) >= 11 is 0. The Morgan fingerprint density at radius 3 is 1.96 bits per heavy atom. The van der Waals surface area contributed by atoms with Gasteiger partial charge in [0.1, 0.15) is 5.78 Å². The van der Waals surface area contributed by atoms with E-state index in [2.05, 4.69) is 127 Å². The zero-order chi connectivity index (χ0) is 35.2. The van der Waals surface area contributed by atoms with Crippen LogP contribution in [0, 0.1) is 16.7 Å². The minimum Gasteiger partial charge on any atom is -0.413 e. The van der Waals surface area contributed by atoms with Crippen molar-refractivity contribution in [1.29, 1.82) is 0 Å². The van der Waals surface area contributed by atoms with Gasteiger partial charge in [-0.05, 0) is 139 Å². The van der Waals surface area contributed by atoms with Gasteiger partial charge in [0.05, 0.1) is 13.2 Å². The van der Waals surface area contributed by atoms with Gasteiger partial charge in [-0.1, -0.05) is 89.5 Å². The van der Waals surface area contributed by atoms with Crippen molar-refractivity contribution < 1.29 is 13.6 Å². The van der Waals surface area contributed by atoms with Crippen molar-refractivity contribution >= 4 is 22.4 Å². The van der Waals surface area contributed by atoms with Gasteiger partial charge < -0.3 is 8.85 Å². The average Bonchev–Trinajstić information content (AvgIpc) is 3.56. The van der Waals surface area contributed by atoms with E-state index >= 15 is 0 Å². The summed E-state index contributed by atoms with van der Waals surface area (Å²) in [4.78, 5) is 13.3. The minimum absolute atomic E-state index is 0.0971. The lowest BCUT2D eigenvalue weighted by Gasteiger charge is -2.36. The van der Waals surface area contributed by atoms with Gasteiger partial charge in [-0.2, -0.15) is 0 Å². The number of Topliss-reactive ketones (excluding diaryl/α,β-unsaturated/α-hetero) is 1. The maximum atomic E-state index is 13.3. The first kappa shape index (κ1) is 41.2. The van der Waals surface area contributed by atoms with E-state index in [1.807, 2.05) is 0 Å². The topological polar surface area (TPSA) is 35.5 Å². The number of allylic oxidation sites excluding steroid dienone is 6. The molecule has 0 spiro atoms. The first-order chi connectivity index (χ1) is 21.0. The Labute approximate surface area is 288 Å². The highest BCUT2D eigenvalue weighted by Gasteiger charge is 2.71. The van der Waals surface area contributed by atoms with E-state index < -0.39 is 16.6 Å². The third-order valence-electron chi connectivity index (χ3n) is 12.6. The Balaban J connectivity index is 1.97. The Morgan fingerprint density at radius 1 is 0.804 bits per heavy atom. The van der Waals surface area contributed by atoms with E-state index in [-0.39, 0.29) is 20.9 Å². The summed E-state index contributed by atoms with van der Waals surface area (Å²) in [5.74, 6) is 1.14. The fourth-order valence-corrected chi connectivity index (χ4v) is 8.54. The second-order valence-electron chi connectivity index (χ2n) is 18.5. The summed E-state index contributed by atoms with van der Waals surface area (Å²) in [6.07, 6.45) is 19.9. The first-order valence-electron chi connectivity index (χ1n) is 18.4. The van der Waals surface area contributed by atoms with Gasteiger partial charge >= 0.3 is 0 Å². The number of ketones is 1. The molecule has 0 amide bonds. The van der Waals surface area contributed by atoms with Crippen molar-refractivity contribution in [2.45, 2.75) is 177 Å². The summed E-state index contributed by atoms with van der Waals surface area (Å²) in [7, 11) is -3.51. The Hall–Kier alpha value is -1.02. The highest BCUT2D eigenvalue weighted by atomic mass is 28.4. The molecule has 3 atom stereocenters. The highest BCUT2D eigenvalue weighted by Crippen LogP contribution is 2.74. The van der Waals surface area contributed by atoms with E-state index in [9.17, 15) is 4.79 Å². The standard InChI is InChI=1S/C41H74O3Si2/c1-32(2)18-16-20-35(30-44-46(14,15)39(8,9)10)21-17-19-33(3)22-23-36-24-25-37(42)41(31-40(36,41)11)28-26-34(4)27-29-43-45(12,13)38(5,6)7/h18,21-22,27,36H,16-17,19-20,23-26,28-31H2,1-15H3/b33-22+,34-27+,35-21-/t36-,40+,41-/m1/s1. The van der Waals surface area contributed by atoms with E-state index in [1.54, 1.807) is 0 Å². The van der Waals surface area contributed by atoms with Crippen LogP contribution in [0.4, 0.5) is 0 Å². The summed E-state index contributed by atoms with van der Waals surface area (Å²) in [6, 6.07) is 0. The summed E-state index contributed by atoms with van der Waals surface area (Å²) in [5.41, 5.74) is 5.76. The van der Waals surface area contributed by atoms with Gasteiger partial charge in [-0.3, -0.25) is 4.79 Å². The molecule has 0 aromatic carbocycles. The Kier molecular flexibility index (Phi) is 14.4. The van der Waals surface area contributed by atoms with E-state index in [0.717, 1.165) is 70.8 Å². The molecule has 0 N–H and O–H groups in total. The van der Waals surface area contributed by atoms with Crippen molar-refractivity contribution in [3.8, 4) is 0 Å². The van der Waals surface area contributed by atoms with Crippen molar-refractivity contribution in [2.75, 3.05) is 13.2 Å². The molecule has 264 valence electrons. The quantitative estimate of drug-likeness (QED) is 0.114. The monoisotopic (exact) mass is 671 g/mol. The summed E-state index contributed by atoms with van der Waals surface area (Å²) in [5, 5.41) is 0.455. The van der Waals surface area contributed by atoms with E-state index in [1.165, 1.54) is 22.3 Å². The normalized spacial score (nSPS) is 25.1. The van der Waals surface area contributed by atoms with Crippen molar-refractivity contribution in [3.05, 3.63) is 46.6 Å². The SMILES string of the molecule is CC(C)=CCC/C(=C/CC/C(C)=C/C[C@@H]1CCC(=O)[C@@]2(CC/C(C)=C/CO[Si](C)(C)C(C)(C)C)C[C@@]12C)CO[Si](C)(C)C(C)(C)C. The molecule has 0 saturated heterocycles. The average molecular weight is 671 g/mol. The largest absolute Gasteiger partial charge is 0.413 e. The van der Waals surface area contributed by atoms with Gasteiger partial charge in [-0.15, -0.1) is 0 Å². The van der Waals surface area contributed by atoms with Gasteiger partial charge in [0.25, 0.3) is 0 Å². The lowest BCUT2D eigenvalue weighted by atomic mass is 9.69. The van der Waals surface area contributed by atoms with Gasteiger partial charge in [-0.25, -0.2) is 0 Å². The zero-order valence-electron chi connectivity index (χ0n) is 33.1. The van der Waals surface area contributed by atoms with E-state index in [0.29, 0.717) is 18.3 Å². The number of rotatable bonds is 17. The van der Waals surface area contributed by atoms with Crippen LogP contribution in [0.15, 0.2) is 46.6 Å². The molecule has 0 heterocycles. The molecular formula is C41H74O3Si2. The minimum atomic E-state index is -1.77. The van der Waals surface area contributed by atoms with Crippen molar-refractivity contribution in [1.82, 2.24) is 0 Å². The lowest BCUT2D eigenvalue weighted by molar-refractivity contribution is -0.129. The summed E-state index contributed by atoms with van der Waals surface area (Å²) < 4.78 is 13.0. The van der Waals surface area contributed by atoms with Gasteiger partial charge in [0, 0.05) is 11.8 Å².